The van der Waals surface area contributed by atoms with Crippen LogP contribution in [0.2, 0.25) is 0 Å². The summed E-state index contributed by atoms with van der Waals surface area (Å²) in [5, 5.41) is 3.59. The Morgan fingerprint density at radius 1 is 1.36 bits per heavy atom. The zero-order valence-electron chi connectivity index (χ0n) is 13.7. The van der Waals surface area contributed by atoms with Crippen LogP contribution in [0.1, 0.15) is 37.3 Å². The minimum Gasteiger partial charge on any atom is -0.360 e. The van der Waals surface area contributed by atoms with E-state index < -0.39 is 0 Å². The summed E-state index contributed by atoms with van der Waals surface area (Å²) in [5.41, 5.74) is 1.05. The maximum absolute atomic E-state index is 4.64. The van der Waals surface area contributed by atoms with E-state index in [1.807, 2.05) is 44.5 Å². The summed E-state index contributed by atoms with van der Waals surface area (Å²) >= 11 is 0. The molecule has 6 heteroatoms. The molecule has 0 bridgehead atoms. The summed E-state index contributed by atoms with van der Waals surface area (Å²) in [6.45, 7) is 2.11. The number of nitrogens with zero attached hydrogens (tertiary/aromatic N) is 5. The predicted molar refractivity (Wildman–Crippen MR) is 88.0 cm³/mol. The predicted octanol–water partition coefficient (Wildman–Crippen LogP) is 2.40. The maximum Gasteiger partial charge on any atom is 0.226 e. The fourth-order valence-corrected chi connectivity index (χ4v) is 2.60. The van der Waals surface area contributed by atoms with Crippen molar-refractivity contribution >= 4 is 11.8 Å². The van der Waals surface area contributed by atoms with E-state index >= 15 is 0 Å². The Balaban J connectivity index is 1.90. The van der Waals surface area contributed by atoms with Gasteiger partial charge in [0.25, 0.3) is 0 Å². The molecule has 0 amide bonds. The van der Waals surface area contributed by atoms with Crippen LogP contribution >= 0.6 is 0 Å². The average molecular weight is 300 g/mol. The molecule has 2 heterocycles. The highest BCUT2D eigenvalue weighted by atomic mass is 15.2. The molecule has 1 fully saturated rings. The van der Waals surface area contributed by atoms with Crippen molar-refractivity contribution in [2.24, 2.45) is 13.0 Å². The van der Waals surface area contributed by atoms with Crippen LogP contribution < -0.4 is 10.2 Å². The third kappa shape index (κ3) is 3.05. The molecule has 0 spiro atoms. The lowest BCUT2D eigenvalue weighted by molar-refractivity contribution is 0.604. The van der Waals surface area contributed by atoms with Crippen LogP contribution in [0.4, 0.5) is 11.8 Å². The molecule has 3 rings (SSSR count). The molecule has 0 radical (unpaired) electrons. The first-order valence-corrected chi connectivity index (χ1v) is 7.87. The Morgan fingerprint density at radius 2 is 2.14 bits per heavy atom. The summed E-state index contributed by atoms with van der Waals surface area (Å²) in [7, 11) is 5.98. The van der Waals surface area contributed by atoms with Crippen LogP contribution in [0.5, 0.6) is 0 Å². The van der Waals surface area contributed by atoms with E-state index in [-0.39, 0.29) is 6.04 Å². The molecule has 2 aromatic rings. The fraction of sp³-hybridized carbons (Fsp3) is 0.562. The second-order valence-corrected chi connectivity index (χ2v) is 6.15. The lowest BCUT2D eigenvalue weighted by Gasteiger charge is -2.20. The van der Waals surface area contributed by atoms with Crippen molar-refractivity contribution in [3.05, 3.63) is 30.0 Å². The highest BCUT2D eigenvalue weighted by Gasteiger charge is 2.35. The summed E-state index contributed by atoms with van der Waals surface area (Å²) < 4.78 is 2.09. The number of aryl methyl sites for hydroxylation is 2. The van der Waals surface area contributed by atoms with Gasteiger partial charge in [0.05, 0.1) is 6.04 Å². The number of aromatic nitrogens is 4. The van der Waals surface area contributed by atoms with Gasteiger partial charge < -0.3 is 14.8 Å². The third-order valence-corrected chi connectivity index (χ3v) is 4.06. The summed E-state index contributed by atoms with van der Waals surface area (Å²) in [4.78, 5) is 15.7. The summed E-state index contributed by atoms with van der Waals surface area (Å²) in [5.74, 6) is 3.35. The zero-order valence-corrected chi connectivity index (χ0v) is 13.7. The molecule has 1 aliphatic carbocycles. The molecule has 1 saturated carbocycles. The largest absolute Gasteiger partial charge is 0.360 e. The van der Waals surface area contributed by atoms with Gasteiger partial charge in [0.2, 0.25) is 5.95 Å². The molecule has 6 nitrogen and oxygen atoms in total. The molecule has 0 unspecified atom stereocenters. The van der Waals surface area contributed by atoms with Gasteiger partial charge in [-0.2, -0.15) is 4.98 Å². The molecule has 118 valence electrons. The number of hydrogen-bond acceptors (Lipinski definition) is 5. The monoisotopic (exact) mass is 300 g/mol. The number of imidazole rings is 1. The van der Waals surface area contributed by atoms with E-state index in [0.717, 1.165) is 29.7 Å². The first-order valence-electron chi connectivity index (χ1n) is 7.87. The van der Waals surface area contributed by atoms with Crippen molar-refractivity contribution in [1.82, 2.24) is 19.5 Å². The molecular formula is C16H24N6. The number of hydrogen-bond donors (Lipinski definition) is 1. The molecule has 22 heavy (non-hydrogen) atoms. The van der Waals surface area contributed by atoms with E-state index in [9.17, 15) is 0 Å². The van der Waals surface area contributed by atoms with E-state index in [0.29, 0.717) is 5.92 Å². The van der Waals surface area contributed by atoms with E-state index in [4.69, 9.17) is 0 Å². The van der Waals surface area contributed by atoms with E-state index in [1.165, 1.54) is 12.8 Å². The van der Waals surface area contributed by atoms with Gasteiger partial charge in [0, 0.05) is 45.3 Å². The second kappa shape index (κ2) is 5.94. The minimum absolute atomic E-state index is 0.217. The first-order chi connectivity index (χ1) is 10.6. The molecule has 0 aromatic carbocycles. The van der Waals surface area contributed by atoms with Gasteiger partial charge in [-0.25, -0.2) is 9.97 Å². The van der Waals surface area contributed by atoms with Crippen molar-refractivity contribution in [1.29, 1.82) is 0 Å². The van der Waals surface area contributed by atoms with Crippen LogP contribution in [-0.4, -0.2) is 33.6 Å². The topological polar surface area (TPSA) is 58.9 Å². The van der Waals surface area contributed by atoms with Crippen molar-refractivity contribution in [3.8, 4) is 0 Å². The zero-order chi connectivity index (χ0) is 15.7. The van der Waals surface area contributed by atoms with Crippen LogP contribution in [0.25, 0.3) is 0 Å². The van der Waals surface area contributed by atoms with Gasteiger partial charge in [0.15, 0.2) is 0 Å². The summed E-state index contributed by atoms with van der Waals surface area (Å²) in [6.07, 6.45) is 7.24. The number of anilines is 2. The highest BCUT2D eigenvalue weighted by molar-refractivity contribution is 5.44. The lowest BCUT2D eigenvalue weighted by atomic mass is 10.1. The molecule has 1 atom stereocenters. The average Bonchev–Trinajstić information content (AvgIpc) is 3.26. The van der Waals surface area contributed by atoms with Crippen molar-refractivity contribution in [2.45, 2.75) is 32.2 Å². The molecule has 1 aliphatic rings. The van der Waals surface area contributed by atoms with Crippen LogP contribution in [0.15, 0.2) is 18.5 Å². The molecular weight excluding hydrogens is 276 g/mol. The third-order valence-electron chi connectivity index (χ3n) is 4.06. The number of rotatable bonds is 6. The van der Waals surface area contributed by atoms with Crippen LogP contribution in [0, 0.1) is 5.92 Å². The van der Waals surface area contributed by atoms with Gasteiger partial charge >= 0.3 is 0 Å². The Morgan fingerprint density at radius 3 is 2.68 bits per heavy atom. The van der Waals surface area contributed by atoms with Gasteiger partial charge in [-0.05, 0) is 25.2 Å². The van der Waals surface area contributed by atoms with Gasteiger partial charge in [-0.1, -0.05) is 6.92 Å². The summed E-state index contributed by atoms with van der Waals surface area (Å²) in [6, 6.07) is 2.26. The minimum atomic E-state index is 0.217. The quantitative estimate of drug-likeness (QED) is 0.887. The highest BCUT2D eigenvalue weighted by Crippen LogP contribution is 2.42. The van der Waals surface area contributed by atoms with Crippen LogP contribution in [0.3, 0.4) is 0 Å². The Hall–Kier alpha value is -2.11. The first kappa shape index (κ1) is 14.8. The van der Waals surface area contributed by atoms with Gasteiger partial charge in [0.1, 0.15) is 11.6 Å². The molecule has 0 aliphatic heterocycles. The van der Waals surface area contributed by atoms with E-state index in [2.05, 4.69) is 31.8 Å². The fourth-order valence-electron chi connectivity index (χ4n) is 2.60. The van der Waals surface area contributed by atoms with Crippen molar-refractivity contribution in [2.75, 3.05) is 24.3 Å². The Labute approximate surface area is 131 Å². The van der Waals surface area contributed by atoms with Gasteiger partial charge in [-0.15, -0.1) is 0 Å². The Kier molecular flexibility index (Phi) is 4.00. The lowest BCUT2D eigenvalue weighted by Crippen LogP contribution is -2.20. The SMILES string of the molecule is CCc1cc(N[C@@H](c2nccn2C)C2CC2)nc(N(C)C)n1. The maximum atomic E-state index is 4.64. The molecule has 0 saturated heterocycles. The van der Waals surface area contributed by atoms with Crippen molar-refractivity contribution < 1.29 is 0 Å². The number of nitrogens with one attached hydrogen (secondary N) is 1. The van der Waals surface area contributed by atoms with Gasteiger partial charge in [-0.3, -0.25) is 0 Å². The molecule has 2 aromatic heterocycles. The van der Waals surface area contributed by atoms with E-state index in [1.54, 1.807) is 0 Å². The van der Waals surface area contributed by atoms with Crippen LogP contribution in [-0.2, 0) is 13.5 Å². The smallest absolute Gasteiger partial charge is 0.226 e. The normalized spacial score (nSPS) is 15.6. The van der Waals surface area contributed by atoms with Crippen molar-refractivity contribution in [3.63, 3.8) is 0 Å². The standard InChI is InChI=1S/C16H24N6/c1-5-12-10-13(20-16(18-12)21(2)3)19-14(11-6-7-11)15-17-8-9-22(15)4/h8-11,14H,5-7H2,1-4H3,(H,18,19,20)/t14-/m1/s1. The molecule has 1 N–H and O–H groups in total. The second-order valence-electron chi connectivity index (χ2n) is 6.15. The Bertz CT molecular complexity index is 644.